The van der Waals surface area contributed by atoms with E-state index in [1.807, 2.05) is 0 Å². The summed E-state index contributed by atoms with van der Waals surface area (Å²) in [4.78, 5) is 4.09. The highest BCUT2D eigenvalue weighted by molar-refractivity contribution is 7.93. The van der Waals surface area contributed by atoms with E-state index in [1.54, 1.807) is 30.5 Å². The largest absolute Gasteiger partial charge is 0.495 e. The van der Waals surface area contributed by atoms with Crippen molar-refractivity contribution in [1.29, 1.82) is 5.26 Å². The number of hydrogen-bond acceptors (Lipinski definition) is 5. The number of sulfonamides is 1. The van der Waals surface area contributed by atoms with E-state index in [0.29, 0.717) is 29.8 Å². The minimum absolute atomic E-state index is 0.291. The van der Waals surface area contributed by atoms with Gasteiger partial charge in [0.25, 0.3) is 0 Å². The Kier molecular flexibility index (Phi) is 3.92. The van der Waals surface area contributed by atoms with Crippen molar-refractivity contribution in [3.8, 4) is 22.9 Å². The topological polar surface area (TPSA) is 92.1 Å². The van der Waals surface area contributed by atoms with Crippen LogP contribution >= 0.6 is 0 Å². The van der Waals surface area contributed by atoms with Gasteiger partial charge in [0.2, 0.25) is 10.0 Å². The van der Waals surface area contributed by atoms with E-state index in [1.165, 1.54) is 13.3 Å². The Morgan fingerprint density at radius 3 is 2.70 bits per heavy atom. The number of anilines is 1. The minimum atomic E-state index is -3.32. The van der Waals surface area contributed by atoms with Crippen LogP contribution < -0.4 is 9.46 Å². The van der Waals surface area contributed by atoms with E-state index in [2.05, 4.69) is 15.8 Å². The number of benzene rings is 1. The van der Waals surface area contributed by atoms with Gasteiger partial charge in [0.1, 0.15) is 11.8 Å². The lowest BCUT2D eigenvalue weighted by molar-refractivity contribution is 0.413. The molecule has 118 valence electrons. The van der Waals surface area contributed by atoms with Crippen molar-refractivity contribution in [2.45, 2.75) is 18.1 Å². The van der Waals surface area contributed by atoms with Crippen LogP contribution in [0.5, 0.6) is 5.75 Å². The number of pyridine rings is 1. The molecular formula is C16H15N3O3S. The zero-order valence-electron chi connectivity index (χ0n) is 12.5. The molecule has 3 rings (SSSR count). The molecule has 1 aliphatic rings. The van der Waals surface area contributed by atoms with Gasteiger partial charge in [-0.05, 0) is 36.6 Å². The molecule has 6 nitrogen and oxygen atoms in total. The molecule has 7 heteroatoms. The van der Waals surface area contributed by atoms with Crippen molar-refractivity contribution in [3.05, 3.63) is 42.2 Å². The molecule has 0 unspecified atom stereocenters. The van der Waals surface area contributed by atoms with Crippen molar-refractivity contribution >= 4 is 15.7 Å². The van der Waals surface area contributed by atoms with Crippen molar-refractivity contribution < 1.29 is 13.2 Å². The molecule has 0 amide bonds. The second kappa shape index (κ2) is 5.89. The molecule has 1 aliphatic carbocycles. The van der Waals surface area contributed by atoms with Gasteiger partial charge in [0.05, 0.1) is 29.8 Å². The lowest BCUT2D eigenvalue weighted by Crippen LogP contribution is -2.17. The number of hydrogen-bond donors (Lipinski definition) is 1. The Morgan fingerprint density at radius 1 is 1.26 bits per heavy atom. The summed E-state index contributed by atoms with van der Waals surface area (Å²) < 4.78 is 31.8. The summed E-state index contributed by atoms with van der Waals surface area (Å²) in [6.07, 6.45) is 4.52. The highest BCUT2D eigenvalue weighted by atomic mass is 32.2. The molecule has 0 aliphatic heterocycles. The van der Waals surface area contributed by atoms with Crippen molar-refractivity contribution in [1.82, 2.24) is 4.98 Å². The smallest absolute Gasteiger partial charge is 0.235 e. The van der Waals surface area contributed by atoms with Crippen LogP contribution in [0.15, 0.2) is 36.7 Å². The van der Waals surface area contributed by atoms with Gasteiger partial charge < -0.3 is 4.74 Å². The molecule has 0 radical (unpaired) electrons. The van der Waals surface area contributed by atoms with Gasteiger partial charge >= 0.3 is 0 Å². The molecule has 1 aromatic carbocycles. The molecule has 23 heavy (non-hydrogen) atoms. The molecule has 1 aromatic heterocycles. The third-order valence-corrected chi connectivity index (χ3v) is 5.49. The van der Waals surface area contributed by atoms with Crippen LogP contribution in [-0.4, -0.2) is 25.8 Å². The van der Waals surface area contributed by atoms with Crippen LogP contribution in [0, 0.1) is 11.3 Å². The summed E-state index contributed by atoms with van der Waals surface area (Å²) in [6, 6.07) is 8.94. The Morgan fingerprint density at radius 2 is 2.04 bits per heavy atom. The second-order valence-electron chi connectivity index (χ2n) is 5.34. The zero-order chi connectivity index (χ0) is 16.4. The fraction of sp³-hybridized carbons (Fsp3) is 0.250. The average Bonchev–Trinajstić information content (AvgIpc) is 3.39. The maximum atomic E-state index is 12.0. The van der Waals surface area contributed by atoms with Crippen LogP contribution in [-0.2, 0) is 10.0 Å². The standard InChI is InChI=1S/C16H15N3O3S/c1-22-16-7-11(2-3-12(16)8-17)13-6-14(10-18-9-13)19-23(20,21)15-4-5-15/h2-3,6-7,9-10,15,19H,4-5H2,1H3. The molecule has 0 spiro atoms. The Balaban J connectivity index is 1.92. The number of nitrogens with one attached hydrogen (secondary N) is 1. The number of rotatable bonds is 5. The second-order valence-corrected chi connectivity index (χ2v) is 7.30. The fourth-order valence-electron chi connectivity index (χ4n) is 2.24. The Bertz CT molecular complexity index is 884. The van der Waals surface area contributed by atoms with Crippen molar-refractivity contribution in [3.63, 3.8) is 0 Å². The van der Waals surface area contributed by atoms with Crippen molar-refractivity contribution in [2.24, 2.45) is 0 Å². The van der Waals surface area contributed by atoms with Crippen LogP contribution in [0.4, 0.5) is 5.69 Å². The van der Waals surface area contributed by atoms with Gasteiger partial charge in [0.15, 0.2) is 0 Å². The van der Waals surface area contributed by atoms with Crippen LogP contribution in [0.3, 0.4) is 0 Å². The van der Waals surface area contributed by atoms with Crippen molar-refractivity contribution in [2.75, 3.05) is 11.8 Å². The van der Waals surface area contributed by atoms with E-state index in [9.17, 15) is 8.42 Å². The molecule has 2 aromatic rings. The van der Waals surface area contributed by atoms with E-state index in [0.717, 1.165) is 11.1 Å². The van der Waals surface area contributed by atoms with Gasteiger partial charge in [-0.1, -0.05) is 6.07 Å². The maximum absolute atomic E-state index is 12.0. The van der Waals surface area contributed by atoms with Gasteiger partial charge in [0, 0.05) is 11.8 Å². The molecular weight excluding hydrogens is 314 g/mol. The van der Waals surface area contributed by atoms with Crippen LogP contribution in [0.25, 0.3) is 11.1 Å². The predicted molar refractivity (Wildman–Crippen MR) is 86.5 cm³/mol. The van der Waals surface area contributed by atoms with Gasteiger partial charge in [-0.2, -0.15) is 5.26 Å². The molecule has 1 N–H and O–H groups in total. The normalized spacial score (nSPS) is 14.1. The third kappa shape index (κ3) is 3.27. The summed E-state index contributed by atoms with van der Waals surface area (Å²) in [6.45, 7) is 0. The predicted octanol–water partition coefficient (Wildman–Crippen LogP) is 2.53. The van der Waals surface area contributed by atoms with E-state index in [4.69, 9.17) is 10.00 Å². The SMILES string of the molecule is COc1cc(-c2cncc(NS(=O)(=O)C3CC3)c2)ccc1C#N. The zero-order valence-corrected chi connectivity index (χ0v) is 13.3. The lowest BCUT2D eigenvalue weighted by Gasteiger charge is -2.10. The van der Waals surface area contributed by atoms with Gasteiger partial charge in [-0.15, -0.1) is 0 Å². The number of ether oxygens (including phenoxy) is 1. The Hall–Kier alpha value is -2.59. The summed E-state index contributed by atoms with van der Waals surface area (Å²) in [5.74, 6) is 0.467. The highest BCUT2D eigenvalue weighted by Gasteiger charge is 2.35. The lowest BCUT2D eigenvalue weighted by atomic mass is 10.0. The molecule has 1 heterocycles. The molecule has 1 saturated carbocycles. The van der Waals surface area contributed by atoms with Gasteiger partial charge in [-0.3, -0.25) is 9.71 Å². The minimum Gasteiger partial charge on any atom is -0.495 e. The van der Waals surface area contributed by atoms with E-state index < -0.39 is 10.0 Å². The number of nitrogens with zero attached hydrogens (tertiary/aromatic N) is 2. The summed E-state index contributed by atoms with van der Waals surface area (Å²) in [5, 5.41) is 8.73. The first-order valence-corrected chi connectivity index (χ1v) is 8.63. The fourth-order valence-corrected chi connectivity index (χ4v) is 3.61. The molecule has 0 atom stereocenters. The first-order valence-electron chi connectivity index (χ1n) is 7.08. The number of nitriles is 1. The Labute approximate surface area is 134 Å². The number of aromatic nitrogens is 1. The van der Waals surface area contributed by atoms with Crippen LogP contribution in [0.2, 0.25) is 0 Å². The average molecular weight is 329 g/mol. The highest BCUT2D eigenvalue weighted by Crippen LogP contribution is 2.31. The monoisotopic (exact) mass is 329 g/mol. The summed E-state index contributed by atoms with van der Waals surface area (Å²) in [7, 11) is -1.82. The molecule has 0 saturated heterocycles. The summed E-state index contributed by atoms with van der Waals surface area (Å²) >= 11 is 0. The third-order valence-electron chi connectivity index (χ3n) is 3.62. The first kappa shape index (κ1) is 15.3. The quantitative estimate of drug-likeness (QED) is 0.910. The van der Waals surface area contributed by atoms with E-state index >= 15 is 0 Å². The van der Waals surface area contributed by atoms with Crippen LogP contribution in [0.1, 0.15) is 18.4 Å². The molecule has 0 bridgehead atoms. The van der Waals surface area contributed by atoms with Gasteiger partial charge in [-0.25, -0.2) is 8.42 Å². The molecule has 1 fully saturated rings. The summed E-state index contributed by atoms with van der Waals surface area (Å²) in [5.41, 5.74) is 2.40. The maximum Gasteiger partial charge on any atom is 0.235 e. The number of methoxy groups -OCH3 is 1. The first-order chi connectivity index (χ1) is 11.0. The van der Waals surface area contributed by atoms with E-state index in [-0.39, 0.29) is 5.25 Å².